The molecule has 0 saturated carbocycles. The fourth-order valence-electron chi connectivity index (χ4n) is 1.93. The molecule has 0 saturated heterocycles. The monoisotopic (exact) mass is 256 g/mol. The van der Waals surface area contributed by atoms with Crippen molar-refractivity contribution >= 4 is 11.3 Å². The maximum Gasteiger partial charge on any atom is 0.148 e. The zero-order chi connectivity index (χ0) is 12.5. The Balaban J connectivity index is 2.20. The number of aromatic nitrogens is 4. The molecule has 2 aromatic heterocycles. The van der Waals surface area contributed by atoms with Crippen molar-refractivity contribution < 1.29 is 0 Å². The molecule has 0 unspecified atom stereocenters. The molecular formula is C13H12N4S. The fourth-order valence-corrected chi connectivity index (χ4v) is 2.66. The summed E-state index contributed by atoms with van der Waals surface area (Å²) in [6.07, 6.45) is 1.85. The molecule has 2 heterocycles. The molecule has 18 heavy (non-hydrogen) atoms. The van der Waals surface area contributed by atoms with E-state index in [1.165, 1.54) is 0 Å². The van der Waals surface area contributed by atoms with E-state index in [0.717, 1.165) is 32.4 Å². The van der Waals surface area contributed by atoms with E-state index in [1.807, 2.05) is 32.2 Å². The molecule has 4 nitrogen and oxygen atoms in total. The summed E-state index contributed by atoms with van der Waals surface area (Å²) in [6, 6.07) is 8.20. The van der Waals surface area contributed by atoms with Crippen LogP contribution in [0.1, 0.15) is 10.7 Å². The van der Waals surface area contributed by atoms with E-state index < -0.39 is 0 Å². The first-order chi connectivity index (χ1) is 8.75. The van der Waals surface area contributed by atoms with E-state index in [-0.39, 0.29) is 0 Å². The van der Waals surface area contributed by atoms with Crippen molar-refractivity contribution in [3.05, 3.63) is 41.2 Å². The van der Waals surface area contributed by atoms with Crippen LogP contribution in [0.3, 0.4) is 0 Å². The van der Waals surface area contributed by atoms with Crippen molar-refractivity contribution in [3.8, 4) is 21.7 Å². The largest absolute Gasteiger partial charge is 0.282 e. The van der Waals surface area contributed by atoms with Gasteiger partial charge in [0.25, 0.3) is 0 Å². The number of nitrogens with one attached hydrogen (secondary N) is 1. The molecule has 1 N–H and O–H groups in total. The van der Waals surface area contributed by atoms with Gasteiger partial charge in [-0.05, 0) is 19.4 Å². The van der Waals surface area contributed by atoms with Crippen LogP contribution in [0.2, 0.25) is 0 Å². The van der Waals surface area contributed by atoms with Gasteiger partial charge in [-0.2, -0.15) is 5.10 Å². The molecule has 0 aliphatic rings. The van der Waals surface area contributed by atoms with E-state index in [1.54, 1.807) is 11.3 Å². The van der Waals surface area contributed by atoms with Crippen LogP contribution in [0.15, 0.2) is 30.5 Å². The maximum absolute atomic E-state index is 4.22. The van der Waals surface area contributed by atoms with Crippen molar-refractivity contribution in [1.29, 1.82) is 0 Å². The zero-order valence-corrected chi connectivity index (χ0v) is 11.0. The summed E-state index contributed by atoms with van der Waals surface area (Å²) >= 11 is 1.61. The van der Waals surface area contributed by atoms with Crippen molar-refractivity contribution in [2.45, 2.75) is 13.8 Å². The van der Waals surface area contributed by atoms with Crippen LogP contribution in [0.25, 0.3) is 21.7 Å². The molecule has 0 aliphatic carbocycles. The molecule has 5 heteroatoms. The van der Waals surface area contributed by atoms with Gasteiger partial charge in [0.05, 0.1) is 6.20 Å². The predicted octanol–water partition coefficient (Wildman–Crippen LogP) is 3.21. The summed E-state index contributed by atoms with van der Waals surface area (Å²) in [5, 5.41) is 17.3. The third kappa shape index (κ3) is 1.82. The lowest BCUT2D eigenvalue weighted by atomic mass is 10.0. The molecule has 0 amide bonds. The molecular weight excluding hydrogens is 244 g/mol. The lowest BCUT2D eigenvalue weighted by Gasteiger charge is -2.05. The number of aryl methyl sites for hydroxylation is 2. The first-order valence-electron chi connectivity index (χ1n) is 5.65. The summed E-state index contributed by atoms with van der Waals surface area (Å²) in [6.45, 7) is 3.98. The minimum atomic E-state index is 0.948. The summed E-state index contributed by atoms with van der Waals surface area (Å²) in [4.78, 5) is 0. The van der Waals surface area contributed by atoms with Gasteiger partial charge in [0, 0.05) is 16.8 Å². The van der Waals surface area contributed by atoms with Gasteiger partial charge in [-0.1, -0.05) is 35.6 Å². The number of nitrogens with zero attached hydrogens (tertiary/aromatic N) is 3. The van der Waals surface area contributed by atoms with Crippen LogP contribution in [0.4, 0.5) is 0 Å². The molecule has 0 bridgehead atoms. The molecule has 0 aliphatic heterocycles. The Labute approximate surface area is 109 Å². The van der Waals surface area contributed by atoms with Crippen LogP contribution in [0.5, 0.6) is 0 Å². The highest BCUT2D eigenvalue weighted by atomic mass is 32.1. The first-order valence-corrected chi connectivity index (χ1v) is 6.47. The number of hydrogen-bond acceptors (Lipinski definition) is 4. The number of benzene rings is 1. The minimum absolute atomic E-state index is 0.948. The lowest BCUT2D eigenvalue weighted by molar-refractivity contribution is 1.05. The topological polar surface area (TPSA) is 54.5 Å². The quantitative estimate of drug-likeness (QED) is 0.766. The van der Waals surface area contributed by atoms with Crippen molar-refractivity contribution in [2.75, 3.05) is 0 Å². The van der Waals surface area contributed by atoms with Crippen LogP contribution < -0.4 is 0 Å². The number of rotatable bonds is 2. The standard InChI is InChI=1S/C13H12N4S/c1-8-12(7-14-15-8)10-5-3-4-6-11(10)13-17-16-9(2)18-13/h3-7H,1-2H3,(H,14,15). The van der Waals surface area contributed by atoms with Gasteiger partial charge < -0.3 is 0 Å². The Morgan fingerprint density at radius 3 is 2.39 bits per heavy atom. The van der Waals surface area contributed by atoms with Crippen LogP contribution >= 0.6 is 11.3 Å². The third-order valence-corrected chi connectivity index (χ3v) is 3.68. The highest BCUT2D eigenvalue weighted by Crippen LogP contribution is 2.34. The van der Waals surface area contributed by atoms with Gasteiger partial charge in [0.15, 0.2) is 0 Å². The van der Waals surface area contributed by atoms with Crippen molar-refractivity contribution in [3.63, 3.8) is 0 Å². The van der Waals surface area contributed by atoms with Gasteiger partial charge in [0.1, 0.15) is 10.0 Å². The average Bonchev–Trinajstić information content (AvgIpc) is 2.98. The van der Waals surface area contributed by atoms with Gasteiger partial charge in [-0.25, -0.2) is 0 Å². The van der Waals surface area contributed by atoms with E-state index in [9.17, 15) is 0 Å². The van der Waals surface area contributed by atoms with E-state index >= 15 is 0 Å². The Hall–Kier alpha value is -2.01. The molecule has 0 atom stereocenters. The number of hydrogen-bond donors (Lipinski definition) is 1. The molecule has 90 valence electrons. The zero-order valence-electron chi connectivity index (χ0n) is 10.1. The average molecular weight is 256 g/mol. The van der Waals surface area contributed by atoms with Gasteiger partial charge in [-0.3, -0.25) is 5.10 Å². The summed E-state index contributed by atoms with van der Waals surface area (Å²) in [7, 11) is 0. The Morgan fingerprint density at radius 2 is 1.78 bits per heavy atom. The second kappa shape index (κ2) is 4.34. The first kappa shape index (κ1) is 11.1. The van der Waals surface area contributed by atoms with Crippen LogP contribution in [0, 0.1) is 13.8 Å². The molecule has 0 fully saturated rings. The Kier molecular flexibility index (Phi) is 2.68. The van der Waals surface area contributed by atoms with Crippen LogP contribution in [-0.2, 0) is 0 Å². The van der Waals surface area contributed by atoms with Crippen molar-refractivity contribution in [1.82, 2.24) is 20.4 Å². The SMILES string of the molecule is Cc1nnc(-c2ccccc2-c2cn[nH]c2C)s1. The highest BCUT2D eigenvalue weighted by molar-refractivity contribution is 7.14. The lowest BCUT2D eigenvalue weighted by Crippen LogP contribution is -1.85. The highest BCUT2D eigenvalue weighted by Gasteiger charge is 2.13. The summed E-state index contributed by atoms with van der Waals surface area (Å²) in [5.74, 6) is 0. The Bertz CT molecular complexity index is 684. The second-order valence-electron chi connectivity index (χ2n) is 4.08. The maximum atomic E-state index is 4.22. The predicted molar refractivity (Wildman–Crippen MR) is 72.4 cm³/mol. The minimum Gasteiger partial charge on any atom is -0.282 e. The number of H-pyrrole nitrogens is 1. The van der Waals surface area contributed by atoms with Crippen molar-refractivity contribution in [2.24, 2.45) is 0 Å². The molecule has 3 rings (SSSR count). The molecule has 0 spiro atoms. The summed E-state index contributed by atoms with van der Waals surface area (Å²) < 4.78 is 0. The van der Waals surface area contributed by atoms with Gasteiger partial charge in [0.2, 0.25) is 0 Å². The van der Waals surface area contributed by atoms with Gasteiger partial charge in [-0.15, -0.1) is 10.2 Å². The second-order valence-corrected chi connectivity index (χ2v) is 5.26. The van der Waals surface area contributed by atoms with E-state index in [4.69, 9.17) is 0 Å². The summed E-state index contributed by atoms with van der Waals surface area (Å²) in [5.41, 5.74) is 4.41. The van der Waals surface area contributed by atoms with E-state index in [0.29, 0.717) is 0 Å². The molecule has 0 radical (unpaired) electrons. The molecule has 1 aromatic carbocycles. The molecule has 3 aromatic rings. The van der Waals surface area contributed by atoms with Gasteiger partial charge >= 0.3 is 0 Å². The van der Waals surface area contributed by atoms with E-state index in [2.05, 4.69) is 32.5 Å². The number of aromatic amines is 1. The fraction of sp³-hybridized carbons (Fsp3) is 0.154. The Morgan fingerprint density at radius 1 is 1.00 bits per heavy atom. The normalized spacial score (nSPS) is 10.8. The smallest absolute Gasteiger partial charge is 0.148 e. The van der Waals surface area contributed by atoms with Crippen LogP contribution in [-0.4, -0.2) is 20.4 Å². The third-order valence-electron chi connectivity index (χ3n) is 2.80.